The van der Waals surface area contributed by atoms with Crippen LogP contribution in [0.15, 0.2) is 47.4 Å². The number of nitrogens with one attached hydrogen (secondary N) is 2. The van der Waals surface area contributed by atoms with E-state index in [0.717, 1.165) is 16.8 Å². The van der Waals surface area contributed by atoms with E-state index >= 15 is 0 Å². The lowest BCUT2D eigenvalue weighted by atomic mass is 10.1. The second kappa shape index (κ2) is 6.24. The van der Waals surface area contributed by atoms with Crippen LogP contribution in [-0.2, 0) is 10.0 Å². The highest BCUT2D eigenvalue weighted by molar-refractivity contribution is 7.92. The summed E-state index contributed by atoms with van der Waals surface area (Å²) in [5.41, 5.74) is 4.52. The Morgan fingerprint density at radius 1 is 1.00 bits per heavy atom. The maximum absolute atomic E-state index is 12.4. The van der Waals surface area contributed by atoms with Crippen molar-refractivity contribution in [3.05, 3.63) is 53.6 Å². The van der Waals surface area contributed by atoms with Crippen LogP contribution in [0.3, 0.4) is 0 Å². The molecule has 0 bridgehead atoms. The third kappa shape index (κ3) is 3.59. The summed E-state index contributed by atoms with van der Waals surface area (Å²) in [5.74, 6) is 0. The molecule has 2 N–H and O–H groups in total. The van der Waals surface area contributed by atoms with Gasteiger partial charge in [-0.1, -0.05) is 30.4 Å². The molecular weight excluding hydrogens is 304 g/mol. The molecule has 21 heavy (non-hydrogen) atoms. The van der Waals surface area contributed by atoms with E-state index < -0.39 is 10.0 Å². The van der Waals surface area contributed by atoms with E-state index in [1.165, 1.54) is 17.6 Å². The van der Waals surface area contributed by atoms with Crippen molar-refractivity contribution in [1.82, 2.24) is 0 Å². The van der Waals surface area contributed by atoms with Crippen molar-refractivity contribution in [1.29, 1.82) is 0 Å². The van der Waals surface area contributed by atoms with Gasteiger partial charge in [0.1, 0.15) is 0 Å². The Balaban J connectivity index is 2.32. The molecule has 0 spiro atoms. The standard InChI is InChI=1S/C15H16N2O2S2/c1-11-4-3-5-12(2)15(11)17-21(18,19)14-8-6-13(7-9-14)16-10-20/h3-10,17H,1-2H3,(H,16,20). The Labute approximate surface area is 130 Å². The molecule has 0 aliphatic carbocycles. The average molecular weight is 320 g/mol. The molecule has 0 aromatic heterocycles. The van der Waals surface area contributed by atoms with Gasteiger partial charge in [0.25, 0.3) is 10.0 Å². The van der Waals surface area contributed by atoms with Gasteiger partial charge < -0.3 is 5.32 Å². The molecule has 4 nitrogen and oxygen atoms in total. The minimum atomic E-state index is -3.60. The monoisotopic (exact) mass is 320 g/mol. The van der Waals surface area contributed by atoms with Crippen molar-refractivity contribution in [2.45, 2.75) is 18.7 Å². The number of benzene rings is 2. The van der Waals surface area contributed by atoms with E-state index in [9.17, 15) is 8.42 Å². The quantitative estimate of drug-likeness (QED) is 0.828. The Morgan fingerprint density at radius 2 is 1.57 bits per heavy atom. The Bertz CT molecular complexity index is 733. The first-order chi connectivity index (χ1) is 9.94. The zero-order valence-electron chi connectivity index (χ0n) is 11.8. The summed E-state index contributed by atoms with van der Waals surface area (Å²) in [7, 11) is -3.60. The normalized spacial score (nSPS) is 11.0. The number of para-hydroxylation sites is 1. The van der Waals surface area contributed by atoms with E-state index in [-0.39, 0.29) is 4.90 Å². The van der Waals surface area contributed by atoms with Crippen molar-refractivity contribution in [3.8, 4) is 0 Å². The first-order valence-corrected chi connectivity index (χ1v) is 8.29. The Hall–Kier alpha value is -1.92. The summed E-state index contributed by atoms with van der Waals surface area (Å²) < 4.78 is 27.5. The van der Waals surface area contributed by atoms with Gasteiger partial charge in [-0.05, 0) is 49.2 Å². The highest BCUT2D eigenvalue weighted by atomic mass is 32.2. The highest BCUT2D eigenvalue weighted by Crippen LogP contribution is 2.23. The molecule has 0 unspecified atom stereocenters. The lowest BCUT2D eigenvalue weighted by molar-refractivity contribution is 0.601. The molecule has 2 aromatic rings. The predicted octanol–water partition coefficient (Wildman–Crippen LogP) is 3.47. The predicted molar refractivity (Wildman–Crippen MR) is 90.4 cm³/mol. The lowest BCUT2D eigenvalue weighted by Gasteiger charge is -2.13. The van der Waals surface area contributed by atoms with Crippen LogP contribution < -0.4 is 10.0 Å². The van der Waals surface area contributed by atoms with Gasteiger partial charge in [-0.3, -0.25) is 4.72 Å². The Morgan fingerprint density at radius 3 is 2.10 bits per heavy atom. The second-order valence-corrected chi connectivity index (χ2v) is 6.58. The van der Waals surface area contributed by atoms with Crippen molar-refractivity contribution < 1.29 is 8.42 Å². The summed E-state index contributed by atoms with van der Waals surface area (Å²) in [5, 5.41) is 2.83. The van der Waals surface area contributed by atoms with Crippen molar-refractivity contribution >= 4 is 39.1 Å². The van der Waals surface area contributed by atoms with Gasteiger partial charge in [0.15, 0.2) is 0 Å². The van der Waals surface area contributed by atoms with E-state index in [1.54, 1.807) is 12.1 Å². The van der Waals surface area contributed by atoms with Crippen molar-refractivity contribution in [3.63, 3.8) is 0 Å². The Kier molecular flexibility index (Phi) is 4.59. The van der Waals surface area contributed by atoms with E-state index in [4.69, 9.17) is 0 Å². The molecular formula is C15H16N2O2S2. The third-order valence-corrected chi connectivity index (χ3v) is 4.59. The summed E-state index contributed by atoms with van der Waals surface area (Å²) in [4.78, 5) is 0.208. The topological polar surface area (TPSA) is 58.2 Å². The number of aryl methyl sites for hydroxylation is 2. The van der Waals surface area contributed by atoms with Crippen LogP contribution in [0.5, 0.6) is 0 Å². The fourth-order valence-corrected chi connectivity index (χ4v) is 3.31. The van der Waals surface area contributed by atoms with Crippen LogP contribution >= 0.6 is 12.2 Å². The first-order valence-electron chi connectivity index (χ1n) is 6.33. The van der Waals surface area contributed by atoms with Gasteiger partial charge in [0, 0.05) is 5.69 Å². The third-order valence-electron chi connectivity index (χ3n) is 3.11. The largest absolute Gasteiger partial charge is 0.353 e. The molecule has 0 fully saturated rings. The molecule has 0 radical (unpaired) electrons. The number of anilines is 2. The smallest absolute Gasteiger partial charge is 0.261 e. The van der Waals surface area contributed by atoms with E-state index in [0.29, 0.717) is 5.69 Å². The zero-order chi connectivity index (χ0) is 15.5. The minimum absolute atomic E-state index is 0.208. The molecule has 0 saturated heterocycles. The molecule has 2 aromatic carbocycles. The number of thiocarbonyl (C=S) groups is 1. The van der Waals surface area contributed by atoms with Crippen LogP contribution in [-0.4, -0.2) is 13.9 Å². The molecule has 110 valence electrons. The molecule has 0 aliphatic heterocycles. The molecule has 0 atom stereocenters. The van der Waals surface area contributed by atoms with Crippen molar-refractivity contribution in [2.75, 3.05) is 10.0 Å². The van der Waals surface area contributed by atoms with E-state index in [2.05, 4.69) is 22.3 Å². The van der Waals surface area contributed by atoms with Crippen molar-refractivity contribution in [2.24, 2.45) is 0 Å². The maximum Gasteiger partial charge on any atom is 0.261 e. The summed E-state index contributed by atoms with van der Waals surface area (Å²) in [6.07, 6.45) is 0. The van der Waals surface area contributed by atoms with Gasteiger partial charge in [-0.15, -0.1) is 0 Å². The number of rotatable bonds is 5. The number of sulfonamides is 1. The first kappa shape index (κ1) is 15.5. The maximum atomic E-state index is 12.4. The van der Waals surface area contributed by atoms with Gasteiger partial charge in [-0.2, -0.15) is 0 Å². The van der Waals surface area contributed by atoms with Gasteiger partial charge in [0.2, 0.25) is 0 Å². The number of hydrogen-bond acceptors (Lipinski definition) is 3. The minimum Gasteiger partial charge on any atom is -0.353 e. The summed E-state index contributed by atoms with van der Waals surface area (Å²) in [6.45, 7) is 3.74. The molecule has 0 heterocycles. The van der Waals surface area contributed by atoms with Gasteiger partial charge in [0.05, 0.1) is 16.1 Å². The fourth-order valence-electron chi connectivity index (χ4n) is 1.97. The zero-order valence-corrected chi connectivity index (χ0v) is 13.4. The van der Waals surface area contributed by atoms with Crippen LogP contribution in [0.25, 0.3) is 0 Å². The summed E-state index contributed by atoms with van der Waals surface area (Å²) in [6, 6.07) is 12.1. The van der Waals surface area contributed by atoms with Crippen LogP contribution in [0, 0.1) is 13.8 Å². The van der Waals surface area contributed by atoms with Crippen LogP contribution in [0.2, 0.25) is 0 Å². The highest BCUT2D eigenvalue weighted by Gasteiger charge is 2.16. The SMILES string of the molecule is Cc1cccc(C)c1NS(=O)(=O)c1ccc(NC=S)cc1. The van der Waals surface area contributed by atoms with Gasteiger partial charge >= 0.3 is 0 Å². The second-order valence-electron chi connectivity index (χ2n) is 4.66. The van der Waals surface area contributed by atoms with Crippen LogP contribution in [0.4, 0.5) is 11.4 Å². The molecule has 2 rings (SSSR count). The number of hydrogen-bond donors (Lipinski definition) is 2. The molecule has 0 saturated carbocycles. The molecule has 0 aliphatic rings. The van der Waals surface area contributed by atoms with E-state index in [1.807, 2.05) is 32.0 Å². The summed E-state index contributed by atoms with van der Waals surface area (Å²) >= 11 is 4.69. The van der Waals surface area contributed by atoms with Crippen LogP contribution in [0.1, 0.15) is 11.1 Å². The molecule has 0 amide bonds. The van der Waals surface area contributed by atoms with Gasteiger partial charge in [-0.25, -0.2) is 8.42 Å². The fraction of sp³-hybridized carbons (Fsp3) is 0.133. The average Bonchev–Trinajstić information content (AvgIpc) is 2.44. The molecule has 6 heteroatoms. The lowest BCUT2D eigenvalue weighted by Crippen LogP contribution is -2.14.